The van der Waals surface area contributed by atoms with Crippen LogP contribution in [-0.2, 0) is 14.3 Å². The zero-order chi connectivity index (χ0) is 9.42. The molecule has 0 amide bonds. The molecule has 2 rings (SSSR count). The molecule has 7 heteroatoms. The molecule has 0 radical (unpaired) electrons. The van der Waals surface area contributed by atoms with Crippen LogP contribution in [0.15, 0.2) is 0 Å². The molecule has 13 heavy (non-hydrogen) atoms. The average Bonchev–Trinajstić information content (AvgIpc) is 2.56. The van der Waals surface area contributed by atoms with Gasteiger partial charge in [-0.3, -0.25) is 0 Å². The van der Waals surface area contributed by atoms with E-state index in [1.807, 2.05) is 0 Å². The predicted molar refractivity (Wildman–Crippen MR) is 44.1 cm³/mol. The van der Waals surface area contributed by atoms with E-state index in [1.54, 1.807) is 0 Å². The summed E-state index contributed by atoms with van der Waals surface area (Å²) < 4.78 is 10.5. The summed E-state index contributed by atoms with van der Waals surface area (Å²) in [4.78, 5) is 14.5. The standard InChI is InChI=1S/C6H9NO5S/c8-7(9)12-3-1-10-6-4(13)2-11-5(3)6/h3-6,13H,1-2H2/t3-,4-,5+,6+/m1/s1. The molecule has 4 atom stereocenters. The van der Waals surface area contributed by atoms with E-state index in [-0.39, 0.29) is 24.1 Å². The van der Waals surface area contributed by atoms with Gasteiger partial charge in [-0.1, -0.05) is 0 Å². The normalized spacial score (nSPS) is 43.2. The zero-order valence-corrected chi connectivity index (χ0v) is 7.55. The fourth-order valence-electron chi connectivity index (χ4n) is 1.64. The fourth-order valence-corrected chi connectivity index (χ4v) is 1.99. The molecule has 0 saturated carbocycles. The summed E-state index contributed by atoms with van der Waals surface area (Å²) >= 11 is 4.22. The Balaban J connectivity index is 1.98. The van der Waals surface area contributed by atoms with Crippen molar-refractivity contribution in [3.8, 4) is 0 Å². The molecule has 0 aromatic heterocycles. The van der Waals surface area contributed by atoms with Gasteiger partial charge < -0.3 is 14.3 Å². The van der Waals surface area contributed by atoms with Crippen LogP contribution in [-0.4, -0.2) is 41.9 Å². The third kappa shape index (κ3) is 1.59. The lowest BCUT2D eigenvalue weighted by Gasteiger charge is -2.12. The van der Waals surface area contributed by atoms with Gasteiger partial charge in [0.05, 0.1) is 24.6 Å². The highest BCUT2D eigenvalue weighted by Gasteiger charge is 2.48. The van der Waals surface area contributed by atoms with Gasteiger partial charge in [0.15, 0.2) is 6.10 Å². The predicted octanol–water partition coefficient (Wildman–Crippen LogP) is -0.341. The summed E-state index contributed by atoms with van der Waals surface area (Å²) in [6.45, 7) is 0.656. The molecule has 2 heterocycles. The molecular formula is C6H9NO5S. The summed E-state index contributed by atoms with van der Waals surface area (Å²) in [6, 6.07) is 0. The van der Waals surface area contributed by atoms with Crippen LogP contribution < -0.4 is 0 Å². The summed E-state index contributed by atoms with van der Waals surface area (Å²) in [7, 11) is 0. The van der Waals surface area contributed by atoms with Crippen LogP contribution in [0.1, 0.15) is 0 Å². The van der Waals surface area contributed by atoms with Crippen LogP contribution >= 0.6 is 12.6 Å². The minimum atomic E-state index is -0.814. The highest BCUT2D eigenvalue weighted by Crippen LogP contribution is 2.31. The molecule has 0 spiro atoms. The van der Waals surface area contributed by atoms with Crippen molar-refractivity contribution < 1.29 is 19.4 Å². The minimum absolute atomic E-state index is 0.00893. The van der Waals surface area contributed by atoms with Crippen molar-refractivity contribution in [3.63, 3.8) is 0 Å². The SMILES string of the molecule is O=[N+]([O-])O[C@@H]1CO[C@@H]2[C@H]1OC[C@H]2S. The maximum absolute atomic E-state index is 10.1. The van der Waals surface area contributed by atoms with Crippen LogP contribution in [0, 0.1) is 10.1 Å². The number of nitrogens with zero attached hydrogens (tertiary/aromatic N) is 1. The first-order valence-electron chi connectivity index (χ1n) is 3.91. The highest BCUT2D eigenvalue weighted by molar-refractivity contribution is 7.81. The van der Waals surface area contributed by atoms with Crippen molar-refractivity contribution in [1.82, 2.24) is 0 Å². The Labute approximate surface area is 79.7 Å². The quantitative estimate of drug-likeness (QED) is 0.381. The Morgan fingerprint density at radius 2 is 2.08 bits per heavy atom. The van der Waals surface area contributed by atoms with Gasteiger partial charge in [0.2, 0.25) is 0 Å². The molecule has 0 aromatic carbocycles. The summed E-state index contributed by atoms with van der Waals surface area (Å²) in [5, 5.41) is 9.26. The van der Waals surface area contributed by atoms with Crippen molar-refractivity contribution in [1.29, 1.82) is 0 Å². The second kappa shape index (κ2) is 3.32. The Kier molecular flexibility index (Phi) is 2.31. The van der Waals surface area contributed by atoms with Gasteiger partial charge in [0, 0.05) is 0 Å². The number of rotatable bonds is 2. The van der Waals surface area contributed by atoms with Gasteiger partial charge in [-0.15, -0.1) is 10.1 Å². The number of thiol groups is 1. The molecule has 0 N–H and O–H groups in total. The topological polar surface area (TPSA) is 70.8 Å². The van der Waals surface area contributed by atoms with E-state index in [0.29, 0.717) is 6.61 Å². The van der Waals surface area contributed by atoms with Crippen LogP contribution in [0.5, 0.6) is 0 Å². The third-order valence-electron chi connectivity index (χ3n) is 2.20. The summed E-state index contributed by atoms with van der Waals surface area (Å²) in [5.74, 6) is 0. The molecule has 0 bridgehead atoms. The van der Waals surface area contributed by atoms with Gasteiger partial charge in [-0.05, 0) is 0 Å². The maximum Gasteiger partial charge on any atom is 0.294 e. The molecule has 6 nitrogen and oxygen atoms in total. The molecule has 2 fully saturated rings. The molecule has 2 aliphatic rings. The largest absolute Gasteiger partial charge is 0.372 e. The first-order chi connectivity index (χ1) is 6.18. The van der Waals surface area contributed by atoms with Crippen LogP contribution in [0.25, 0.3) is 0 Å². The smallest absolute Gasteiger partial charge is 0.294 e. The number of hydrogen-bond donors (Lipinski definition) is 1. The summed E-state index contributed by atoms with van der Waals surface area (Å²) in [6.07, 6.45) is -1.11. The molecule has 0 aromatic rings. The molecule has 0 unspecified atom stereocenters. The zero-order valence-electron chi connectivity index (χ0n) is 6.66. The van der Waals surface area contributed by atoms with Crippen LogP contribution in [0.2, 0.25) is 0 Å². The lowest BCUT2D eigenvalue weighted by Crippen LogP contribution is -2.33. The van der Waals surface area contributed by atoms with Crippen LogP contribution in [0.3, 0.4) is 0 Å². The second-order valence-corrected chi connectivity index (χ2v) is 3.69. The molecule has 2 aliphatic heterocycles. The van der Waals surface area contributed by atoms with E-state index in [4.69, 9.17) is 9.47 Å². The van der Waals surface area contributed by atoms with E-state index in [0.717, 1.165) is 0 Å². The minimum Gasteiger partial charge on any atom is -0.372 e. The van der Waals surface area contributed by atoms with E-state index in [2.05, 4.69) is 17.5 Å². The Hall–Kier alpha value is -0.530. The van der Waals surface area contributed by atoms with Crippen LogP contribution in [0.4, 0.5) is 0 Å². The number of ether oxygens (including phenoxy) is 2. The monoisotopic (exact) mass is 207 g/mol. The van der Waals surface area contributed by atoms with Gasteiger partial charge in [0.1, 0.15) is 6.10 Å². The maximum atomic E-state index is 10.1. The van der Waals surface area contributed by atoms with Gasteiger partial charge in [0.25, 0.3) is 5.09 Å². The molecule has 74 valence electrons. The molecule has 2 saturated heterocycles. The van der Waals surface area contributed by atoms with Gasteiger partial charge in [-0.25, -0.2) is 0 Å². The van der Waals surface area contributed by atoms with Crippen molar-refractivity contribution >= 4 is 12.6 Å². The molecule has 0 aliphatic carbocycles. The van der Waals surface area contributed by atoms with Gasteiger partial charge >= 0.3 is 0 Å². The fraction of sp³-hybridized carbons (Fsp3) is 1.00. The lowest BCUT2D eigenvalue weighted by molar-refractivity contribution is -0.769. The third-order valence-corrected chi connectivity index (χ3v) is 2.65. The Morgan fingerprint density at radius 3 is 2.77 bits per heavy atom. The second-order valence-electron chi connectivity index (χ2n) is 3.03. The van der Waals surface area contributed by atoms with Crippen molar-refractivity contribution in [2.75, 3.05) is 13.2 Å². The van der Waals surface area contributed by atoms with Gasteiger partial charge in [-0.2, -0.15) is 12.6 Å². The number of fused-ring (bicyclic) bond motifs is 1. The van der Waals surface area contributed by atoms with E-state index in [1.165, 1.54) is 0 Å². The van der Waals surface area contributed by atoms with Crippen molar-refractivity contribution in [2.45, 2.75) is 23.6 Å². The average molecular weight is 207 g/mol. The lowest BCUT2D eigenvalue weighted by atomic mass is 10.1. The summed E-state index contributed by atoms with van der Waals surface area (Å²) in [5.41, 5.74) is 0. The van der Waals surface area contributed by atoms with E-state index in [9.17, 15) is 10.1 Å². The van der Waals surface area contributed by atoms with Crippen molar-refractivity contribution in [3.05, 3.63) is 10.1 Å². The first-order valence-corrected chi connectivity index (χ1v) is 4.42. The number of hydrogen-bond acceptors (Lipinski definition) is 6. The van der Waals surface area contributed by atoms with E-state index >= 15 is 0 Å². The van der Waals surface area contributed by atoms with E-state index < -0.39 is 11.2 Å². The first kappa shape index (κ1) is 9.04. The Morgan fingerprint density at radius 1 is 1.38 bits per heavy atom. The Bertz CT molecular complexity index is 225. The molecular weight excluding hydrogens is 198 g/mol. The van der Waals surface area contributed by atoms with Crippen molar-refractivity contribution in [2.24, 2.45) is 0 Å². The highest BCUT2D eigenvalue weighted by atomic mass is 32.1.